The Balaban J connectivity index is 1.81. The average Bonchev–Trinajstić information content (AvgIpc) is 2.71. The minimum atomic E-state index is -3.81. The molecule has 0 fully saturated rings. The zero-order valence-corrected chi connectivity index (χ0v) is 18.4. The summed E-state index contributed by atoms with van der Waals surface area (Å²) in [7, 11) is -3.81. The Morgan fingerprint density at radius 1 is 0.867 bits per heavy atom. The van der Waals surface area contributed by atoms with E-state index in [0.29, 0.717) is 11.3 Å². The molecule has 0 spiro atoms. The van der Waals surface area contributed by atoms with Crippen LogP contribution >= 0.6 is 0 Å². The van der Waals surface area contributed by atoms with E-state index in [1.807, 2.05) is 58.0 Å². The zero-order valence-electron chi connectivity index (χ0n) is 17.6. The highest BCUT2D eigenvalue weighted by Gasteiger charge is 2.19. The molecule has 2 N–H and O–H groups in total. The minimum absolute atomic E-state index is 0.0396. The number of hydrogen-bond donors (Lipinski definition) is 2. The van der Waals surface area contributed by atoms with Gasteiger partial charge in [-0.25, -0.2) is 8.42 Å². The highest BCUT2D eigenvalue weighted by Crippen LogP contribution is 2.22. The smallest absolute Gasteiger partial charge is 0.261 e. The lowest BCUT2D eigenvalue weighted by molar-refractivity contribution is 0.0939. The Labute approximate surface area is 178 Å². The second-order valence-electron chi connectivity index (χ2n) is 7.50. The number of anilines is 1. The number of carbonyl (C=O) groups excluding carboxylic acids is 1. The highest BCUT2D eigenvalue weighted by molar-refractivity contribution is 7.92. The van der Waals surface area contributed by atoms with Crippen molar-refractivity contribution in [2.75, 3.05) is 4.72 Å². The van der Waals surface area contributed by atoms with Crippen LogP contribution in [0.1, 0.15) is 45.6 Å². The van der Waals surface area contributed by atoms with Crippen LogP contribution in [0.15, 0.2) is 71.6 Å². The second-order valence-corrected chi connectivity index (χ2v) is 9.19. The van der Waals surface area contributed by atoms with E-state index in [2.05, 4.69) is 10.0 Å². The largest absolute Gasteiger partial charge is 0.346 e. The van der Waals surface area contributed by atoms with Gasteiger partial charge in [0.25, 0.3) is 15.9 Å². The van der Waals surface area contributed by atoms with E-state index in [-0.39, 0.29) is 16.8 Å². The molecule has 6 heteroatoms. The molecule has 5 nitrogen and oxygen atoms in total. The van der Waals surface area contributed by atoms with E-state index >= 15 is 0 Å². The van der Waals surface area contributed by atoms with E-state index in [0.717, 1.165) is 22.3 Å². The van der Waals surface area contributed by atoms with Crippen LogP contribution < -0.4 is 10.0 Å². The van der Waals surface area contributed by atoms with Gasteiger partial charge in [0.05, 0.1) is 16.6 Å². The van der Waals surface area contributed by atoms with Gasteiger partial charge in [-0.2, -0.15) is 0 Å². The molecule has 3 aromatic rings. The van der Waals surface area contributed by atoms with Gasteiger partial charge in [0.1, 0.15) is 0 Å². The summed E-state index contributed by atoms with van der Waals surface area (Å²) in [6.45, 7) is 7.76. The molecule has 3 aromatic carbocycles. The fourth-order valence-corrected chi connectivity index (χ4v) is 4.46. The molecule has 1 amide bonds. The van der Waals surface area contributed by atoms with Gasteiger partial charge < -0.3 is 5.32 Å². The van der Waals surface area contributed by atoms with Crippen molar-refractivity contribution in [2.45, 2.75) is 38.6 Å². The van der Waals surface area contributed by atoms with Crippen molar-refractivity contribution in [1.82, 2.24) is 5.32 Å². The first kappa shape index (κ1) is 21.6. The first-order chi connectivity index (χ1) is 14.2. The van der Waals surface area contributed by atoms with Gasteiger partial charge in [-0.05, 0) is 68.7 Å². The summed E-state index contributed by atoms with van der Waals surface area (Å²) in [6.07, 6.45) is 0. The maximum Gasteiger partial charge on any atom is 0.261 e. The predicted molar refractivity (Wildman–Crippen MR) is 120 cm³/mol. The van der Waals surface area contributed by atoms with Gasteiger partial charge in [0, 0.05) is 5.56 Å². The molecule has 3 rings (SSSR count). The van der Waals surface area contributed by atoms with Crippen LogP contribution in [0.3, 0.4) is 0 Å². The van der Waals surface area contributed by atoms with E-state index in [1.165, 1.54) is 12.1 Å². The van der Waals surface area contributed by atoms with Crippen molar-refractivity contribution in [3.63, 3.8) is 0 Å². The van der Waals surface area contributed by atoms with Crippen LogP contribution in [0.5, 0.6) is 0 Å². The first-order valence-electron chi connectivity index (χ1n) is 9.74. The number of rotatable bonds is 6. The summed E-state index contributed by atoms with van der Waals surface area (Å²) < 4.78 is 28.2. The lowest BCUT2D eigenvalue weighted by Crippen LogP contribution is -2.27. The first-order valence-corrected chi connectivity index (χ1v) is 11.2. The van der Waals surface area contributed by atoms with Crippen LogP contribution in [0, 0.1) is 20.8 Å². The Hall–Kier alpha value is -3.12. The number of aryl methyl sites for hydroxylation is 3. The van der Waals surface area contributed by atoms with E-state index in [9.17, 15) is 13.2 Å². The third-order valence-electron chi connectivity index (χ3n) is 5.04. The van der Waals surface area contributed by atoms with Crippen LogP contribution in [0.25, 0.3) is 0 Å². The molecular weight excluding hydrogens is 396 g/mol. The fourth-order valence-electron chi connectivity index (χ4n) is 3.28. The fraction of sp³-hybridized carbons (Fsp3) is 0.208. The third kappa shape index (κ3) is 4.89. The molecular formula is C24H26N2O3S. The molecule has 1 atom stereocenters. The van der Waals surface area contributed by atoms with Crippen molar-refractivity contribution >= 4 is 21.6 Å². The molecule has 0 radical (unpaired) electrons. The van der Waals surface area contributed by atoms with Crippen molar-refractivity contribution in [2.24, 2.45) is 0 Å². The molecule has 156 valence electrons. The van der Waals surface area contributed by atoms with Crippen molar-refractivity contribution < 1.29 is 13.2 Å². The molecule has 0 aliphatic heterocycles. The van der Waals surface area contributed by atoms with Gasteiger partial charge >= 0.3 is 0 Å². The molecule has 0 unspecified atom stereocenters. The number of benzene rings is 3. The van der Waals surface area contributed by atoms with Gasteiger partial charge in [-0.1, -0.05) is 48.0 Å². The molecule has 0 saturated carbocycles. The molecule has 30 heavy (non-hydrogen) atoms. The Kier molecular flexibility index (Phi) is 6.27. The normalized spacial score (nSPS) is 12.3. The maximum absolute atomic E-state index is 12.8. The van der Waals surface area contributed by atoms with Crippen molar-refractivity contribution in [3.05, 3.63) is 94.5 Å². The third-order valence-corrected chi connectivity index (χ3v) is 6.41. The lowest BCUT2D eigenvalue weighted by atomic mass is 10.00. The summed E-state index contributed by atoms with van der Waals surface area (Å²) in [4.78, 5) is 12.8. The molecule has 0 aromatic heterocycles. The van der Waals surface area contributed by atoms with Crippen molar-refractivity contribution in [1.29, 1.82) is 0 Å². The van der Waals surface area contributed by atoms with Crippen LogP contribution in [0.2, 0.25) is 0 Å². The Morgan fingerprint density at radius 3 is 2.33 bits per heavy atom. The van der Waals surface area contributed by atoms with Gasteiger partial charge in [0.2, 0.25) is 0 Å². The Morgan fingerprint density at radius 2 is 1.60 bits per heavy atom. The summed E-state index contributed by atoms with van der Waals surface area (Å²) in [5.74, 6) is -0.323. The summed E-state index contributed by atoms with van der Waals surface area (Å²) in [5, 5.41) is 2.96. The molecule has 0 aliphatic rings. The summed E-state index contributed by atoms with van der Waals surface area (Å²) in [6, 6.07) is 19.1. The molecule has 0 aliphatic carbocycles. The van der Waals surface area contributed by atoms with Crippen molar-refractivity contribution in [3.8, 4) is 0 Å². The van der Waals surface area contributed by atoms with E-state index in [4.69, 9.17) is 0 Å². The number of hydrogen-bond acceptors (Lipinski definition) is 3. The van der Waals surface area contributed by atoms with Crippen LogP contribution in [-0.2, 0) is 10.0 Å². The van der Waals surface area contributed by atoms with Crippen LogP contribution in [0.4, 0.5) is 5.69 Å². The number of nitrogens with one attached hydrogen (secondary N) is 2. The Bertz CT molecular complexity index is 1190. The summed E-state index contributed by atoms with van der Waals surface area (Å²) >= 11 is 0. The summed E-state index contributed by atoms with van der Waals surface area (Å²) in [5.41, 5.74) is 4.86. The standard InChI is InChI=1S/C24H26N2O3S/c1-16-12-13-17(2)22(14-16)19(4)25-24(27)20-9-7-10-21(15-20)30(28,29)26-23-11-6-5-8-18(23)3/h5-15,19,26H,1-4H3,(H,25,27)/t19-/m1/s1. The SMILES string of the molecule is Cc1ccc(C)c([C@@H](C)NC(=O)c2cccc(S(=O)(=O)Nc3ccccc3C)c2)c1. The van der Waals surface area contributed by atoms with Gasteiger partial charge in [-0.15, -0.1) is 0 Å². The second kappa shape index (κ2) is 8.71. The topological polar surface area (TPSA) is 75.3 Å². The lowest BCUT2D eigenvalue weighted by Gasteiger charge is -2.18. The number of carbonyl (C=O) groups is 1. The van der Waals surface area contributed by atoms with E-state index in [1.54, 1.807) is 24.3 Å². The molecule has 0 heterocycles. The van der Waals surface area contributed by atoms with Crippen LogP contribution in [-0.4, -0.2) is 14.3 Å². The number of sulfonamides is 1. The number of amides is 1. The quantitative estimate of drug-likeness (QED) is 0.593. The van der Waals surface area contributed by atoms with Gasteiger partial charge in [-0.3, -0.25) is 9.52 Å². The van der Waals surface area contributed by atoms with Gasteiger partial charge in [0.15, 0.2) is 0 Å². The minimum Gasteiger partial charge on any atom is -0.346 e. The molecule has 0 saturated heterocycles. The highest BCUT2D eigenvalue weighted by atomic mass is 32.2. The monoisotopic (exact) mass is 422 g/mol. The zero-order chi connectivity index (χ0) is 21.9. The van der Waals surface area contributed by atoms with E-state index < -0.39 is 10.0 Å². The predicted octanol–water partition coefficient (Wildman–Crippen LogP) is 4.90. The molecule has 0 bridgehead atoms. The number of para-hydroxylation sites is 1. The average molecular weight is 423 g/mol. The maximum atomic E-state index is 12.8.